The van der Waals surface area contributed by atoms with Gasteiger partial charge in [-0.3, -0.25) is 10.1 Å². The largest absolute Gasteiger partial charge is 0.480 e. The van der Waals surface area contributed by atoms with Gasteiger partial charge >= 0.3 is 5.97 Å². The van der Waals surface area contributed by atoms with Gasteiger partial charge in [-0.15, -0.1) is 0 Å². The van der Waals surface area contributed by atoms with Crippen molar-refractivity contribution in [2.45, 2.75) is 50.6 Å². The number of carboxylic acid groups (broad SMARTS) is 1. The molecule has 2 N–H and O–H groups in total. The maximum atomic E-state index is 15.2. The summed E-state index contributed by atoms with van der Waals surface area (Å²) in [5, 5.41) is 23.4. The topological polar surface area (TPSA) is 73.1 Å². The van der Waals surface area contributed by atoms with Crippen molar-refractivity contribution in [2.24, 2.45) is 5.41 Å². The van der Waals surface area contributed by atoms with Crippen LogP contribution < -0.4 is 5.32 Å². The van der Waals surface area contributed by atoms with Crippen molar-refractivity contribution in [2.75, 3.05) is 0 Å². The lowest BCUT2D eigenvalue weighted by molar-refractivity contribution is -0.139. The third-order valence-electron chi connectivity index (χ3n) is 5.72. The molecular weight excluding hydrogens is 445 g/mol. The van der Waals surface area contributed by atoms with E-state index in [9.17, 15) is 15.2 Å². The van der Waals surface area contributed by atoms with E-state index in [1.807, 2.05) is 20.8 Å². The number of halogens is 4. The molecule has 31 heavy (non-hydrogen) atoms. The number of carboxylic acids is 1. The van der Waals surface area contributed by atoms with Crippen LogP contribution in [0.2, 0.25) is 10.0 Å². The molecule has 2 aromatic rings. The number of nitrogens with one attached hydrogen (secondary N) is 1. The SMILES string of the molecule is CC(C)(C)C[C@@H]1N[C@@H](C(=O)O)[C@@H](c2cccc(Cl)c2F)[C@@]1(C#N)c1ccc(Cl)cc1F. The van der Waals surface area contributed by atoms with Crippen molar-refractivity contribution in [3.8, 4) is 6.07 Å². The van der Waals surface area contributed by atoms with E-state index in [0.29, 0.717) is 6.42 Å². The second-order valence-corrected chi connectivity index (χ2v) is 9.87. The van der Waals surface area contributed by atoms with Gasteiger partial charge in [-0.2, -0.15) is 5.26 Å². The van der Waals surface area contributed by atoms with Gasteiger partial charge in [-0.05, 0) is 35.6 Å². The molecule has 4 nitrogen and oxygen atoms in total. The summed E-state index contributed by atoms with van der Waals surface area (Å²) in [4.78, 5) is 12.2. The van der Waals surface area contributed by atoms with Crippen LogP contribution >= 0.6 is 23.2 Å². The first-order valence-corrected chi connectivity index (χ1v) is 10.5. The summed E-state index contributed by atoms with van der Waals surface area (Å²) >= 11 is 11.9. The molecule has 1 saturated heterocycles. The Morgan fingerprint density at radius 2 is 1.94 bits per heavy atom. The van der Waals surface area contributed by atoms with Gasteiger partial charge in [0.05, 0.1) is 11.1 Å². The number of aliphatic carboxylic acids is 1. The molecule has 0 saturated carbocycles. The van der Waals surface area contributed by atoms with Gasteiger partial charge in [-0.1, -0.05) is 62.2 Å². The molecule has 0 radical (unpaired) electrons. The Balaban J connectivity index is 2.38. The Hall–Kier alpha value is -2.20. The molecule has 1 fully saturated rings. The zero-order chi connectivity index (χ0) is 23.1. The fourth-order valence-electron chi connectivity index (χ4n) is 4.54. The van der Waals surface area contributed by atoms with Crippen LogP contribution in [-0.4, -0.2) is 23.2 Å². The summed E-state index contributed by atoms with van der Waals surface area (Å²) in [5.74, 6) is -4.09. The number of nitriles is 1. The summed E-state index contributed by atoms with van der Waals surface area (Å²) in [7, 11) is 0. The van der Waals surface area contributed by atoms with Crippen molar-refractivity contribution in [3.63, 3.8) is 0 Å². The highest BCUT2D eigenvalue weighted by atomic mass is 35.5. The van der Waals surface area contributed by atoms with Crippen LogP contribution in [-0.2, 0) is 10.2 Å². The van der Waals surface area contributed by atoms with Crippen molar-refractivity contribution in [3.05, 3.63) is 69.2 Å². The maximum absolute atomic E-state index is 15.2. The van der Waals surface area contributed by atoms with Crippen LogP contribution in [0.1, 0.15) is 44.2 Å². The Bertz CT molecular complexity index is 1060. The minimum atomic E-state index is -1.73. The summed E-state index contributed by atoms with van der Waals surface area (Å²) < 4.78 is 30.3. The molecule has 1 aliphatic heterocycles. The van der Waals surface area contributed by atoms with Crippen molar-refractivity contribution < 1.29 is 18.7 Å². The number of nitrogens with zero attached hydrogens (tertiary/aromatic N) is 1. The predicted octanol–water partition coefficient (Wildman–Crippen LogP) is 5.68. The molecule has 0 amide bonds. The third-order valence-corrected chi connectivity index (χ3v) is 6.24. The zero-order valence-electron chi connectivity index (χ0n) is 17.2. The summed E-state index contributed by atoms with van der Waals surface area (Å²) in [6.45, 7) is 5.79. The maximum Gasteiger partial charge on any atom is 0.321 e. The van der Waals surface area contributed by atoms with Gasteiger partial charge in [0.1, 0.15) is 23.1 Å². The number of benzene rings is 2. The lowest BCUT2D eigenvalue weighted by Gasteiger charge is -2.37. The first-order chi connectivity index (χ1) is 14.4. The van der Waals surface area contributed by atoms with Gasteiger partial charge in [-0.25, -0.2) is 8.78 Å². The van der Waals surface area contributed by atoms with E-state index in [0.717, 1.165) is 6.07 Å². The molecule has 1 heterocycles. The monoisotopic (exact) mass is 466 g/mol. The standard InChI is InChI=1S/C23H22Cl2F2N2O2/c1-22(2,3)10-17-23(11-28,14-8-7-12(24)9-16(14)26)18(20(29-17)21(30)31)13-5-4-6-15(25)19(13)27/h4-9,17-18,20,29H,10H2,1-3H3,(H,30,31)/t17-,18+,20+,23-/m0/s1. The Morgan fingerprint density at radius 1 is 1.26 bits per heavy atom. The van der Waals surface area contributed by atoms with Gasteiger partial charge in [0.2, 0.25) is 0 Å². The highest BCUT2D eigenvalue weighted by Crippen LogP contribution is 2.52. The van der Waals surface area contributed by atoms with E-state index in [-0.39, 0.29) is 26.6 Å². The van der Waals surface area contributed by atoms with E-state index < -0.39 is 41.0 Å². The fourth-order valence-corrected chi connectivity index (χ4v) is 4.88. The number of hydrogen-bond acceptors (Lipinski definition) is 3. The lowest BCUT2D eigenvalue weighted by atomic mass is 9.62. The van der Waals surface area contributed by atoms with Crippen LogP contribution in [0.4, 0.5) is 8.78 Å². The molecule has 3 rings (SSSR count). The first kappa shape index (κ1) is 23.5. The second kappa shape index (κ2) is 8.38. The van der Waals surface area contributed by atoms with Crippen molar-refractivity contribution in [1.29, 1.82) is 5.26 Å². The summed E-state index contributed by atoms with van der Waals surface area (Å²) in [6.07, 6.45) is 0.338. The fraction of sp³-hybridized carbons (Fsp3) is 0.391. The zero-order valence-corrected chi connectivity index (χ0v) is 18.7. The average Bonchev–Trinajstić information content (AvgIpc) is 2.97. The number of rotatable bonds is 4. The lowest BCUT2D eigenvalue weighted by Crippen LogP contribution is -2.44. The minimum absolute atomic E-state index is 0.0331. The highest BCUT2D eigenvalue weighted by molar-refractivity contribution is 6.31. The molecular formula is C23H22Cl2F2N2O2. The van der Waals surface area contributed by atoms with Crippen molar-refractivity contribution in [1.82, 2.24) is 5.32 Å². The third kappa shape index (κ3) is 4.15. The summed E-state index contributed by atoms with van der Waals surface area (Å²) in [6, 6.07) is 8.16. The van der Waals surface area contributed by atoms with Crippen LogP contribution in [0, 0.1) is 28.4 Å². The minimum Gasteiger partial charge on any atom is -0.480 e. The normalized spacial score (nSPS) is 25.9. The molecule has 2 aromatic carbocycles. The van der Waals surface area contributed by atoms with Gasteiger partial charge in [0.25, 0.3) is 0 Å². The molecule has 0 aliphatic carbocycles. The second-order valence-electron chi connectivity index (χ2n) is 9.03. The van der Waals surface area contributed by atoms with Gasteiger partial charge < -0.3 is 5.11 Å². The average molecular weight is 467 g/mol. The molecule has 164 valence electrons. The number of carbonyl (C=O) groups is 1. The molecule has 0 spiro atoms. The van der Waals surface area contributed by atoms with E-state index in [2.05, 4.69) is 11.4 Å². The van der Waals surface area contributed by atoms with E-state index in [4.69, 9.17) is 23.2 Å². The van der Waals surface area contributed by atoms with Crippen LogP contribution in [0.15, 0.2) is 36.4 Å². The Kier molecular flexibility index (Phi) is 6.35. The van der Waals surface area contributed by atoms with Crippen LogP contribution in [0.25, 0.3) is 0 Å². The van der Waals surface area contributed by atoms with Crippen LogP contribution in [0.3, 0.4) is 0 Å². The van der Waals surface area contributed by atoms with Gasteiger partial charge in [0, 0.05) is 22.5 Å². The molecule has 0 bridgehead atoms. The molecule has 4 atom stereocenters. The highest BCUT2D eigenvalue weighted by Gasteiger charge is 2.61. The molecule has 0 aromatic heterocycles. The predicted molar refractivity (Wildman–Crippen MR) is 115 cm³/mol. The van der Waals surface area contributed by atoms with E-state index in [1.165, 1.54) is 30.3 Å². The molecule has 0 unspecified atom stereocenters. The Morgan fingerprint density at radius 3 is 2.48 bits per heavy atom. The Labute approximate surface area is 189 Å². The number of hydrogen-bond donors (Lipinski definition) is 2. The van der Waals surface area contributed by atoms with E-state index in [1.54, 1.807) is 0 Å². The molecule has 1 aliphatic rings. The van der Waals surface area contributed by atoms with Crippen LogP contribution in [0.5, 0.6) is 0 Å². The smallest absolute Gasteiger partial charge is 0.321 e. The van der Waals surface area contributed by atoms with E-state index >= 15 is 8.78 Å². The van der Waals surface area contributed by atoms with Crippen molar-refractivity contribution >= 4 is 29.2 Å². The first-order valence-electron chi connectivity index (χ1n) is 9.72. The summed E-state index contributed by atoms with van der Waals surface area (Å²) in [5.41, 5.74) is -2.15. The van der Waals surface area contributed by atoms with Gasteiger partial charge in [0.15, 0.2) is 0 Å². The quantitative estimate of drug-likeness (QED) is 0.607. The molecule has 8 heteroatoms.